The second-order valence-corrected chi connectivity index (χ2v) is 5.89. The highest BCUT2D eigenvalue weighted by atomic mass is 32.1. The van der Waals surface area contributed by atoms with Gasteiger partial charge in [-0.05, 0) is 31.9 Å². The highest BCUT2D eigenvalue weighted by molar-refractivity contribution is 7.09. The maximum Gasteiger partial charge on any atom is 0.0940 e. The van der Waals surface area contributed by atoms with Gasteiger partial charge in [-0.2, -0.15) is 0 Å². The summed E-state index contributed by atoms with van der Waals surface area (Å²) in [5, 5.41) is 6.86. The molecule has 2 nitrogen and oxygen atoms in total. The third-order valence-corrected chi connectivity index (χ3v) is 4.06. The van der Waals surface area contributed by atoms with Crippen LogP contribution in [0.4, 0.5) is 0 Å². The fourth-order valence-corrected chi connectivity index (χ4v) is 3.04. The topological polar surface area (TPSA) is 24.9 Å². The van der Waals surface area contributed by atoms with Crippen molar-refractivity contribution in [1.82, 2.24) is 10.3 Å². The predicted octanol–water partition coefficient (Wildman–Crippen LogP) is 3.60. The SMILES string of the molecule is CCNC(CCc1cccc(C)c1)Cc1nccs1. The molecule has 3 heteroatoms. The van der Waals surface area contributed by atoms with Crippen molar-refractivity contribution in [2.75, 3.05) is 6.54 Å². The van der Waals surface area contributed by atoms with E-state index in [0.717, 1.165) is 25.8 Å². The standard InChI is InChI=1S/C16H22N2S/c1-3-17-15(12-16-18-9-10-19-16)8-7-14-6-4-5-13(2)11-14/h4-6,9-11,15,17H,3,7-8,12H2,1-2H3. The van der Waals surface area contributed by atoms with Gasteiger partial charge < -0.3 is 5.32 Å². The molecule has 1 unspecified atom stereocenters. The van der Waals surface area contributed by atoms with Gasteiger partial charge in [0.05, 0.1) is 5.01 Å². The number of thiazole rings is 1. The molecule has 1 atom stereocenters. The van der Waals surface area contributed by atoms with Gasteiger partial charge in [0.1, 0.15) is 0 Å². The summed E-state index contributed by atoms with van der Waals surface area (Å²) in [6.07, 6.45) is 5.22. The molecule has 19 heavy (non-hydrogen) atoms. The normalized spacial score (nSPS) is 12.5. The van der Waals surface area contributed by atoms with Gasteiger partial charge in [-0.15, -0.1) is 11.3 Å². The first-order chi connectivity index (χ1) is 9.28. The smallest absolute Gasteiger partial charge is 0.0940 e. The van der Waals surface area contributed by atoms with Crippen molar-refractivity contribution >= 4 is 11.3 Å². The Morgan fingerprint density at radius 1 is 1.37 bits per heavy atom. The van der Waals surface area contributed by atoms with E-state index in [1.165, 1.54) is 16.1 Å². The molecule has 0 radical (unpaired) electrons. The minimum absolute atomic E-state index is 0.525. The fourth-order valence-electron chi connectivity index (χ4n) is 2.34. The molecule has 2 aromatic rings. The van der Waals surface area contributed by atoms with E-state index in [9.17, 15) is 0 Å². The third kappa shape index (κ3) is 4.77. The van der Waals surface area contributed by atoms with Crippen LogP contribution in [0.5, 0.6) is 0 Å². The number of nitrogens with zero attached hydrogens (tertiary/aromatic N) is 1. The Labute approximate surface area is 119 Å². The Balaban J connectivity index is 1.89. The highest BCUT2D eigenvalue weighted by Crippen LogP contribution is 2.13. The van der Waals surface area contributed by atoms with Gasteiger partial charge in [0, 0.05) is 24.0 Å². The summed E-state index contributed by atoms with van der Waals surface area (Å²) in [5.74, 6) is 0. The average Bonchev–Trinajstić information content (AvgIpc) is 2.89. The first-order valence-corrected chi connectivity index (χ1v) is 7.83. The summed E-state index contributed by atoms with van der Waals surface area (Å²) >= 11 is 1.75. The first kappa shape index (κ1) is 14.2. The molecule has 0 saturated carbocycles. The maximum absolute atomic E-state index is 4.39. The molecule has 0 aliphatic heterocycles. The summed E-state index contributed by atoms with van der Waals surface area (Å²) in [6, 6.07) is 9.33. The average molecular weight is 274 g/mol. The van der Waals surface area contributed by atoms with Crippen molar-refractivity contribution in [2.45, 2.75) is 39.2 Å². The Kier molecular flexibility index (Phi) is 5.55. The molecule has 1 heterocycles. The Morgan fingerprint density at radius 2 is 2.26 bits per heavy atom. The molecular formula is C16H22N2S. The van der Waals surface area contributed by atoms with Gasteiger partial charge in [0.2, 0.25) is 0 Å². The first-order valence-electron chi connectivity index (χ1n) is 6.95. The largest absolute Gasteiger partial charge is 0.314 e. The zero-order valence-electron chi connectivity index (χ0n) is 11.7. The van der Waals surface area contributed by atoms with Gasteiger partial charge in [0.25, 0.3) is 0 Å². The summed E-state index contributed by atoms with van der Waals surface area (Å²) in [6.45, 7) is 5.34. The lowest BCUT2D eigenvalue weighted by Crippen LogP contribution is -2.31. The molecule has 0 aliphatic rings. The van der Waals surface area contributed by atoms with E-state index < -0.39 is 0 Å². The lowest BCUT2D eigenvalue weighted by molar-refractivity contribution is 0.490. The molecule has 0 amide bonds. The van der Waals surface area contributed by atoms with Crippen LogP contribution in [0.15, 0.2) is 35.8 Å². The lowest BCUT2D eigenvalue weighted by atomic mass is 10.0. The number of aromatic nitrogens is 1. The van der Waals surface area contributed by atoms with Crippen LogP contribution in [0.3, 0.4) is 0 Å². The quantitative estimate of drug-likeness (QED) is 0.834. The second-order valence-electron chi connectivity index (χ2n) is 4.91. The van der Waals surface area contributed by atoms with E-state index in [2.05, 4.69) is 53.8 Å². The zero-order chi connectivity index (χ0) is 13.5. The molecule has 0 bridgehead atoms. The van der Waals surface area contributed by atoms with Gasteiger partial charge >= 0.3 is 0 Å². The molecule has 0 spiro atoms. The Hall–Kier alpha value is -1.19. The van der Waals surface area contributed by atoms with Crippen molar-refractivity contribution in [3.63, 3.8) is 0 Å². The van der Waals surface area contributed by atoms with Crippen LogP contribution in [-0.4, -0.2) is 17.6 Å². The van der Waals surface area contributed by atoms with Crippen LogP contribution in [0.1, 0.15) is 29.5 Å². The number of likely N-dealkylation sites (N-methyl/N-ethyl adjacent to an activating group) is 1. The number of rotatable bonds is 7. The van der Waals surface area contributed by atoms with Gasteiger partial charge in [0.15, 0.2) is 0 Å². The molecule has 1 N–H and O–H groups in total. The predicted molar refractivity (Wildman–Crippen MR) is 82.8 cm³/mol. The van der Waals surface area contributed by atoms with Crippen molar-refractivity contribution in [3.8, 4) is 0 Å². The van der Waals surface area contributed by atoms with Crippen LogP contribution in [-0.2, 0) is 12.8 Å². The van der Waals surface area contributed by atoms with Crippen LogP contribution in [0.25, 0.3) is 0 Å². The summed E-state index contributed by atoms with van der Waals surface area (Å²) in [7, 11) is 0. The van der Waals surface area contributed by atoms with E-state index >= 15 is 0 Å². The third-order valence-electron chi connectivity index (χ3n) is 3.26. The van der Waals surface area contributed by atoms with Crippen LogP contribution >= 0.6 is 11.3 Å². The van der Waals surface area contributed by atoms with Crippen LogP contribution < -0.4 is 5.32 Å². The second kappa shape index (κ2) is 7.41. The van der Waals surface area contributed by atoms with Crippen molar-refractivity contribution in [3.05, 3.63) is 52.0 Å². The van der Waals surface area contributed by atoms with Gasteiger partial charge in [-0.3, -0.25) is 0 Å². The summed E-state index contributed by atoms with van der Waals surface area (Å²) in [4.78, 5) is 4.39. The number of hydrogen-bond acceptors (Lipinski definition) is 3. The minimum Gasteiger partial charge on any atom is -0.314 e. The highest BCUT2D eigenvalue weighted by Gasteiger charge is 2.10. The van der Waals surface area contributed by atoms with E-state index in [4.69, 9.17) is 0 Å². The number of benzene rings is 1. The summed E-state index contributed by atoms with van der Waals surface area (Å²) in [5.41, 5.74) is 2.78. The minimum atomic E-state index is 0.525. The Bertz CT molecular complexity index is 479. The van der Waals surface area contributed by atoms with Crippen molar-refractivity contribution in [2.24, 2.45) is 0 Å². The molecular weight excluding hydrogens is 252 g/mol. The van der Waals surface area contributed by atoms with E-state index in [-0.39, 0.29) is 0 Å². The molecule has 0 saturated heterocycles. The van der Waals surface area contributed by atoms with Crippen molar-refractivity contribution in [1.29, 1.82) is 0 Å². The molecule has 1 aromatic heterocycles. The number of aryl methyl sites for hydroxylation is 2. The van der Waals surface area contributed by atoms with E-state index in [1.54, 1.807) is 11.3 Å². The van der Waals surface area contributed by atoms with Gasteiger partial charge in [-0.25, -0.2) is 4.98 Å². The fraction of sp³-hybridized carbons (Fsp3) is 0.438. The monoisotopic (exact) mass is 274 g/mol. The van der Waals surface area contributed by atoms with E-state index in [0.29, 0.717) is 6.04 Å². The maximum atomic E-state index is 4.39. The molecule has 1 aromatic carbocycles. The molecule has 2 rings (SSSR count). The molecule has 102 valence electrons. The van der Waals surface area contributed by atoms with Crippen LogP contribution in [0.2, 0.25) is 0 Å². The summed E-state index contributed by atoms with van der Waals surface area (Å²) < 4.78 is 0. The van der Waals surface area contributed by atoms with Crippen molar-refractivity contribution < 1.29 is 0 Å². The number of hydrogen-bond donors (Lipinski definition) is 1. The Morgan fingerprint density at radius 3 is 2.95 bits per heavy atom. The lowest BCUT2D eigenvalue weighted by Gasteiger charge is -2.16. The number of nitrogens with one attached hydrogen (secondary N) is 1. The van der Waals surface area contributed by atoms with Crippen LogP contribution in [0, 0.1) is 6.92 Å². The molecule has 0 fully saturated rings. The van der Waals surface area contributed by atoms with E-state index in [1.807, 2.05) is 6.20 Å². The van der Waals surface area contributed by atoms with Gasteiger partial charge in [-0.1, -0.05) is 36.8 Å². The molecule has 0 aliphatic carbocycles. The zero-order valence-corrected chi connectivity index (χ0v) is 12.5.